The second-order valence-electron chi connectivity index (χ2n) is 5.36. The SMILES string of the molecule is CCCCCCCCC(C(=O)[O-])(C(=O)[O-])c1ccccc1.[Li+].[Li+]. The molecule has 1 aromatic rings. The largest absolute Gasteiger partial charge is 1.00 e. The van der Waals surface area contributed by atoms with Crippen LogP contribution in [0.5, 0.6) is 0 Å². The summed E-state index contributed by atoms with van der Waals surface area (Å²) in [5.41, 5.74) is -1.83. The second kappa shape index (κ2) is 12.7. The van der Waals surface area contributed by atoms with Gasteiger partial charge in [0.1, 0.15) is 0 Å². The van der Waals surface area contributed by atoms with Crippen molar-refractivity contribution in [3.05, 3.63) is 35.9 Å². The molecule has 0 aliphatic rings. The maximum atomic E-state index is 11.5. The van der Waals surface area contributed by atoms with Gasteiger partial charge >= 0.3 is 37.7 Å². The zero-order valence-corrected chi connectivity index (χ0v) is 14.5. The van der Waals surface area contributed by atoms with Gasteiger partial charge in [-0.15, -0.1) is 0 Å². The number of carbonyl (C=O) groups is 2. The molecule has 4 nitrogen and oxygen atoms in total. The number of hydrogen-bond donors (Lipinski definition) is 0. The van der Waals surface area contributed by atoms with E-state index in [2.05, 4.69) is 6.92 Å². The number of aliphatic carboxylic acids is 2. The number of rotatable bonds is 10. The Morgan fingerprint density at radius 1 is 0.870 bits per heavy atom. The molecule has 0 heterocycles. The van der Waals surface area contributed by atoms with Crippen molar-refractivity contribution < 1.29 is 57.5 Å². The van der Waals surface area contributed by atoms with Crippen LogP contribution in [0.25, 0.3) is 0 Å². The first-order chi connectivity index (χ1) is 10.1. The summed E-state index contributed by atoms with van der Waals surface area (Å²) in [7, 11) is 0. The van der Waals surface area contributed by atoms with E-state index in [1.165, 1.54) is 12.1 Å². The predicted molar refractivity (Wildman–Crippen MR) is 76.1 cm³/mol. The van der Waals surface area contributed by atoms with Crippen LogP contribution in [-0.4, -0.2) is 11.9 Å². The van der Waals surface area contributed by atoms with Crippen molar-refractivity contribution in [2.45, 2.75) is 57.3 Å². The van der Waals surface area contributed by atoms with Crippen LogP contribution in [0.1, 0.15) is 57.4 Å². The van der Waals surface area contributed by atoms with Crippen molar-refractivity contribution in [3.8, 4) is 0 Å². The van der Waals surface area contributed by atoms with E-state index in [0.717, 1.165) is 32.1 Å². The van der Waals surface area contributed by atoms with Gasteiger partial charge in [0.05, 0.1) is 17.4 Å². The van der Waals surface area contributed by atoms with E-state index in [-0.39, 0.29) is 49.7 Å². The van der Waals surface area contributed by atoms with Crippen LogP contribution in [0.15, 0.2) is 30.3 Å². The van der Waals surface area contributed by atoms with Crippen molar-refractivity contribution in [1.29, 1.82) is 0 Å². The van der Waals surface area contributed by atoms with Gasteiger partial charge in [0.25, 0.3) is 0 Å². The molecule has 0 saturated carbocycles. The van der Waals surface area contributed by atoms with Crippen LogP contribution < -0.4 is 47.9 Å². The molecule has 1 rings (SSSR count). The molecule has 0 fully saturated rings. The fourth-order valence-electron chi connectivity index (χ4n) is 2.56. The monoisotopic (exact) mass is 304 g/mol. The maximum absolute atomic E-state index is 11.5. The van der Waals surface area contributed by atoms with E-state index < -0.39 is 17.4 Å². The Balaban J connectivity index is 0. The third kappa shape index (κ3) is 6.78. The van der Waals surface area contributed by atoms with Gasteiger partial charge in [0.15, 0.2) is 0 Å². The van der Waals surface area contributed by atoms with E-state index in [4.69, 9.17) is 0 Å². The minimum Gasteiger partial charge on any atom is -0.549 e. The molecule has 0 aliphatic heterocycles. The molecule has 0 spiro atoms. The third-order valence-corrected chi connectivity index (χ3v) is 3.87. The smallest absolute Gasteiger partial charge is 0.549 e. The second-order valence-corrected chi connectivity index (χ2v) is 5.36. The first kappa shape index (κ1) is 24.6. The van der Waals surface area contributed by atoms with Crippen LogP contribution in [0.3, 0.4) is 0 Å². The van der Waals surface area contributed by atoms with Crippen LogP contribution >= 0.6 is 0 Å². The number of benzene rings is 1. The molecule has 0 atom stereocenters. The van der Waals surface area contributed by atoms with Crippen LogP contribution in [0, 0.1) is 0 Å². The zero-order chi connectivity index (χ0) is 15.7. The van der Waals surface area contributed by atoms with E-state index in [1.807, 2.05) is 0 Å². The Morgan fingerprint density at radius 2 is 1.35 bits per heavy atom. The van der Waals surface area contributed by atoms with Gasteiger partial charge in [0.2, 0.25) is 0 Å². The van der Waals surface area contributed by atoms with Crippen LogP contribution in [0.4, 0.5) is 0 Å². The van der Waals surface area contributed by atoms with Crippen molar-refractivity contribution in [3.63, 3.8) is 0 Å². The van der Waals surface area contributed by atoms with Gasteiger partial charge in [-0.25, -0.2) is 0 Å². The van der Waals surface area contributed by atoms with E-state index in [1.54, 1.807) is 18.2 Å². The molecule has 0 aromatic heterocycles. The summed E-state index contributed by atoms with van der Waals surface area (Å²) in [6.45, 7) is 2.12. The minimum atomic E-state index is -2.05. The molecule has 0 unspecified atom stereocenters. The van der Waals surface area contributed by atoms with E-state index in [9.17, 15) is 19.8 Å². The van der Waals surface area contributed by atoms with Gasteiger partial charge in [-0.05, 0) is 12.0 Å². The molecular formula is C17H22Li2O4. The Morgan fingerprint density at radius 3 is 1.83 bits per heavy atom. The Kier molecular flexibility index (Phi) is 13.6. The molecule has 0 saturated heterocycles. The Labute approximate surface area is 162 Å². The molecule has 116 valence electrons. The standard InChI is InChI=1S/C17H24O4.2Li/c1-2-3-4-5-6-10-13-17(15(18)19,16(20)21)14-11-8-7-9-12-14;;/h7-9,11-12H,2-6,10,13H2,1H3,(H,18,19)(H,20,21);;/q;2*+1/p-2. The first-order valence-electron chi connectivity index (χ1n) is 7.54. The number of unbranched alkanes of at least 4 members (excludes halogenated alkanes) is 5. The van der Waals surface area contributed by atoms with Crippen molar-refractivity contribution in [2.24, 2.45) is 0 Å². The Hall–Kier alpha value is -0.645. The number of carboxylic acids is 2. The van der Waals surface area contributed by atoms with E-state index in [0.29, 0.717) is 6.42 Å². The third-order valence-electron chi connectivity index (χ3n) is 3.87. The summed E-state index contributed by atoms with van der Waals surface area (Å²) in [4.78, 5) is 23.0. The fourth-order valence-corrected chi connectivity index (χ4v) is 2.56. The summed E-state index contributed by atoms with van der Waals surface area (Å²) >= 11 is 0. The van der Waals surface area contributed by atoms with Crippen LogP contribution in [0.2, 0.25) is 0 Å². The Bertz CT molecular complexity index is 449. The van der Waals surface area contributed by atoms with Gasteiger partial charge in [-0.2, -0.15) is 0 Å². The average Bonchev–Trinajstić information content (AvgIpc) is 2.47. The maximum Gasteiger partial charge on any atom is 1.00 e. The summed E-state index contributed by atoms with van der Waals surface area (Å²) in [5.74, 6) is -3.19. The first-order valence-corrected chi connectivity index (χ1v) is 7.54. The average molecular weight is 304 g/mol. The van der Waals surface area contributed by atoms with E-state index >= 15 is 0 Å². The number of carbonyl (C=O) groups excluding carboxylic acids is 2. The normalized spacial score (nSPS) is 10.3. The quantitative estimate of drug-likeness (QED) is 0.247. The predicted octanol–water partition coefficient (Wildman–Crippen LogP) is -4.82. The van der Waals surface area contributed by atoms with Gasteiger partial charge in [-0.3, -0.25) is 0 Å². The zero-order valence-electron chi connectivity index (χ0n) is 14.5. The summed E-state index contributed by atoms with van der Waals surface area (Å²) in [6, 6.07) is 7.96. The van der Waals surface area contributed by atoms with Crippen LogP contribution in [-0.2, 0) is 15.0 Å². The molecule has 0 radical (unpaired) electrons. The molecule has 0 amide bonds. The van der Waals surface area contributed by atoms with Gasteiger partial charge in [-0.1, -0.05) is 75.8 Å². The molecule has 0 N–H and O–H groups in total. The molecule has 1 aromatic carbocycles. The molecule has 0 bridgehead atoms. The molecule has 0 aliphatic carbocycles. The molecule has 23 heavy (non-hydrogen) atoms. The molecule has 6 heteroatoms. The topological polar surface area (TPSA) is 80.3 Å². The fraction of sp³-hybridized carbons (Fsp3) is 0.529. The molecular weight excluding hydrogens is 282 g/mol. The van der Waals surface area contributed by atoms with Crippen molar-refractivity contribution in [1.82, 2.24) is 0 Å². The van der Waals surface area contributed by atoms with Gasteiger partial charge in [0, 0.05) is 0 Å². The van der Waals surface area contributed by atoms with Crippen molar-refractivity contribution in [2.75, 3.05) is 0 Å². The minimum absolute atomic E-state index is 0. The summed E-state index contributed by atoms with van der Waals surface area (Å²) in [6.07, 6.45) is 5.70. The summed E-state index contributed by atoms with van der Waals surface area (Å²) < 4.78 is 0. The van der Waals surface area contributed by atoms with Gasteiger partial charge < -0.3 is 19.8 Å². The number of carboxylic acid groups (broad SMARTS) is 2. The number of hydrogen-bond acceptors (Lipinski definition) is 4. The van der Waals surface area contributed by atoms with Crippen molar-refractivity contribution >= 4 is 11.9 Å². The summed E-state index contributed by atoms with van der Waals surface area (Å²) in [5, 5.41) is 23.0.